The third-order valence-corrected chi connectivity index (χ3v) is 4.18. The van der Waals surface area contributed by atoms with Crippen molar-refractivity contribution < 1.29 is 4.79 Å². The van der Waals surface area contributed by atoms with E-state index in [0.717, 1.165) is 21.9 Å². The molecule has 1 aliphatic rings. The molecule has 0 spiro atoms. The van der Waals surface area contributed by atoms with E-state index in [1.54, 1.807) is 0 Å². The number of nitrogens with zero attached hydrogens (tertiary/aromatic N) is 1. The van der Waals surface area contributed by atoms with Gasteiger partial charge in [-0.3, -0.25) is 4.79 Å². The first-order valence-electron chi connectivity index (χ1n) is 6.90. The van der Waals surface area contributed by atoms with Crippen LogP contribution in [-0.4, -0.2) is 10.9 Å². The first kappa shape index (κ1) is 13.8. The van der Waals surface area contributed by atoms with E-state index in [1.165, 1.54) is 16.9 Å². The molecule has 1 amide bonds. The maximum atomic E-state index is 12.1. The number of allylic oxidation sites excluding steroid dienone is 2. The zero-order valence-corrected chi connectivity index (χ0v) is 12.6. The lowest BCUT2D eigenvalue weighted by Crippen LogP contribution is -2.20. The second kappa shape index (κ2) is 6.06. The highest BCUT2D eigenvalue weighted by atomic mass is 32.1. The van der Waals surface area contributed by atoms with Gasteiger partial charge in [0.05, 0.1) is 16.3 Å². The maximum Gasteiger partial charge on any atom is 0.230 e. The molecule has 21 heavy (non-hydrogen) atoms. The van der Waals surface area contributed by atoms with Crippen LogP contribution in [0.5, 0.6) is 0 Å². The highest BCUT2D eigenvalue weighted by molar-refractivity contribution is 7.13. The standard InChI is InChI=1S/C17H16N2OS/c1-12-6-5-9-14-15(10-12)21-17(18-14)19-16(20)11-13-7-3-2-4-8-13/h2-4,6-10H,5,11H2,1H3,(H,18,19,20). The van der Waals surface area contributed by atoms with Crippen molar-refractivity contribution in [3.05, 3.63) is 57.4 Å². The summed E-state index contributed by atoms with van der Waals surface area (Å²) >= 11 is 1.52. The van der Waals surface area contributed by atoms with Crippen LogP contribution < -0.4 is 15.2 Å². The summed E-state index contributed by atoms with van der Waals surface area (Å²) in [5.41, 5.74) is 2.24. The van der Waals surface area contributed by atoms with E-state index < -0.39 is 0 Å². The second-order valence-electron chi connectivity index (χ2n) is 5.01. The van der Waals surface area contributed by atoms with Crippen molar-refractivity contribution in [2.24, 2.45) is 0 Å². The summed E-state index contributed by atoms with van der Waals surface area (Å²) in [6.45, 7) is 2.08. The average Bonchev–Trinajstić information content (AvgIpc) is 2.72. The monoisotopic (exact) mass is 296 g/mol. The van der Waals surface area contributed by atoms with Gasteiger partial charge >= 0.3 is 0 Å². The number of thiazole rings is 1. The van der Waals surface area contributed by atoms with Crippen molar-refractivity contribution in [2.75, 3.05) is 5.32 Å². The predicted molar refractivity (Wildman–Crippen MR) is 87.4 cm³/mol. The Morgan fingerprint density at radius 1 is 1.29 bits per heavy atom. The summed E-state index contributed by atoms with van der Waals surface area (Å²) < 4.78 is 1.11. The number of fused-ring (bicyclic) bond motifs is 1. The molecule has 0 bridgehead atoms. The molecule has 0 atom stereocenters. The molecule has 0 saturated heterocycles. The van der Waals surface area contributed by atoms with E-state index in [1.807, 2.05) is 30.3 Å². The number of anilines is 1. The Bertz CT molecular complexity index is 803. The van der Waals surface area contributed by atoms with Gasteiger partial charge in [0.1, 0.15) is 0 Å². The van der Waals surface area contributed by atoms with Crippen molar-refractivity contribution in [3.63, 3.8) is 0 Å². The van der Waals surface area contributed by atoms with Crippen molar-refractivity contribution in [1.82, 2.24) is 4.98 Å². The lowest BCUT2D eigenvalue weighted by molar-refractivity contribution is -0.115. The molecule has 1 N–H and O–H groups in total. The fraction of sp³-hybridized carbons (Fsp3) is 0.176. The highest BCUT2D eigenvalue weighted by Crippen LogP contribution is 2.08. The van der Waals surface area contributed by atoms with Gasteiger partial charge in [0.25, 0.3) is 0 Å². The molecule has 1 aromatic carbocycles. The third kappa shape index (κ3) is 3.47. The number of hydrogen-bond donors (Lipinski definition) is 1. The minimum absolute atomic E-state index is 0.0302. The summed E-state index contributed by atoms with van der Waals surface area (Å²) in [5, 5.41) is 4.52. The van der Waals surface area contributed by atoms with Crippen molar-refractivity contribution in [3.8, 4) is 0 Å². The van der Waals surface area contributed by atoms with Crippen LogP contribution in [0.15, 0.2) is 42.0 Å². The first-order chi connectivity index (χ1) is 10.2. The summed E-state index contributed by atoms with van der Waals surface area (Å²) in [6.07, 6.45) is 7.63. The normalized spacial score (nSPS) is 13.3. The molecule has 0 saturated carbocycles. The lowest BCUT2D eigenvalue weighted by Gasteiger charge is -2.01. The first-order valence-corrected chi connectivity index (χ1v) is 7.72. The SMILES string of the molecule is CC1=CCC=c2nc(NC(=O)Cc3ccccc3)sc2=C1. The van der Waals surface area contributed by atoms with Crippen LogP contribution in [0, 0.1) is 0 Å². The fourth-order valence-electron chi connectivity index (χ4n) is 2.21. The molecule has 3 nitrogen and oxygen atoms in total. The zero-order chi connectivity index (χ0) is 14.7. The van der Waals surface area contributed by atoms with Gasteiger partial charge < -0.3 is 5.32 Å². The van der Waals surface area contributed by atoms with Crippen LogP contribution in [-0.2, 0) is 11.2 Å². The van der Waals surface area contributed by atoms with Gasteiger partial charge in [-0.2, -0.15) is 0 Å². The Hall–Kier alpha value is -2.20. The van der Waals surface area contributed by atoms with Crippen LogP contribution in [0.1, 0.15) is 18.9 Å². The number of rotatable bonds is 3. The average molecular weight is 296 g/mol. The zero-order valence-electron chi connectivity index (χ0n) is 11.8. The summed E-state index contributed by atoms with van der Waals surface area (Å²) in [4.78, 5) is 16.5. The summed E-state index contributed by atoms with van der Waals surface area (Å²) in [7, 11) is 0. The van der Waals surface area contributed by atoms with Crippen LogP contribution in [0.25, 0.3) is 12.2 Å². The Morgan fingerprint density at radius 3 is 2.90 bits per heavy atom. The summed E-state index contributed by atoms with van der Waals surface area (Å²) in [5.74, 6) is -0.0302. The van der Waals surface area contributed by atoms with Crippen molar-refractivity contribution >= 4 is 34.5 Å². The predicted octanol–water partition coefficient (Wildman–Crippen LogP) is 2.24. The van der Waals surface area contributed by atoms with E-state index in [2.05, 4.69) is 35.5 Å². The van der Waals surface area contributed by atoms with Gasteiger partial charge in [-0.15, -0.1) is 0 Å². The van der Waals surface area contributed by atoms with E-state index in [9.17, 15) is 4.79 Å². The Morgan fingerprint density at radius 2 is 2.10 bits per heavy atom. The molecule has 106 valence electrons. The smallest absolute Gasteiger partial charge is 0.230 e. The highest BCUT2D eigenvalue weighted by Gasteiger charge is 2.07. The van der Waals surface area contributed by atoms with E-state index in [4.69, 9.17) is 0 Å². The fourth-order valence-corrected chi connectivity index (χ4v) is 3.21. The number of aromatic nitrogens is 1. The third-order valence-electron chi connectivity index (χ3n) is 3.24. The number of amides is 1. The Labute approximate surface area is 127 Å². The molecule has 3 rings (SSSR count). The van der Waals surface area contributed by atoms with Crippen LogP contribution in [0.4, 0.5) is 5.13 Å². The van der Waals surface area contributed by atoms with E-state index in [-0.39, 0.29) is 5.91 Å². The van der Waals surface area contributed by atoms with Crippen molar-refractivity contribution in [1.29, 1.82) is 0 Å². The number of carbonyl (C=O) groups is 1. The largest absolute Gasteiger partial charge is 0.302 e. The number of nitrogens with one attached hydrogen (secondary N) is 1. The van der Waals surface area contributed by atoms with Gasteiger partial charge in [0.2, 0.25) is 5.91 Å². The number of benzene rings is 1. The van der Waals surface area contributed by atoms with Crippen LogP contribution in [0.3, 0.4) is 0 Å². The van der Waals surface area contributed by atoms with Gasteiger partial charge in [-0.25, -0.2) is 4.98 Å². The molecule has 0 unspecified atom stereocenters. The Balaban J connectivity index is 1.76. The Kier molecular flexibility index (Phi) is 3.97. The second-order valence-corrected chi connectivity index (χ2v) is 6.04. The van der Waals surface area contributed by atoms with Crippen LogP contribution >= 0.6 is 11.3 Å². The molecule has 2 aromatic rings. The molecule has 0 aliphatic heterocycles. The molecular weight excluding hydrogens is 280 g/mol. The van der Waals surface area contributed by atoms with Crippen LogP contribution in [0.2, 0.25) is 0 Å². The van der Waals surface area contributed by atoms with Gasteiger partial charge in [0, 0.05) is 0 Å². The van der Waals surface area contributed by atoms with Gasteiger partial charge in [0.15, 0.2) is 5.13 Å². The minimum Gasteiger partial charge on any atom is -0.302 e. The maximum absolute atomic E-state index is 12.1. The quantitative estimate of drug-likeness (QED) is 0.944. The number of carbonyl (C=O) groups excluding carboxylic acids is 1. The molecule has 1 aromatic heterocycles. The molecule has 0 radical (unpaired) electrons. The lowest BCUT2D eigenvalue weighted by atomic mass is 10.1. The van der Waals surface area contributed by atoms with E-state index >= 15 is 0 Å². The minimum atomic E-state index is -0.0302. The topological polar surface area (TPSA) is 42.0 Å². The molecule has 4 heteroatoms. The molecular formula is C17H16N2OS. The van der Waals surface area contributed by atoms with Gasteiger partial charge in [-0.1, -0.05) is 59.4 Å². The van der Waals surface area contributed by atoms with Crippen molar-refractivity contribution in [2.45, 2.75) is 19.8 Å². The summed E-state index contributed by atoms with van der Waals surface area (Å²) in [6, 6.07) is 9.72. The molecule has 0 fully saturated rings. The molecule has 1 aliphatic carbocycles. The molecule has 1 heterocycles. The number of hydrogen-bond acceptors (Lipinski definition) is 3. The van der Waals surface area contributed by atoms with E-state index in [0.29, 0.717) is 11.6 Å². The van der Waals surface area contributed by atoms with Gasteiger partial charge in [-0.05, 0) is 25.0 Å².